The molecule has 0 spiro atoms. The van der Waals surface area contributed by atoms with Gasteiger partial charge in [0.25, 0.3) is 0 Å². The standard InChI is InChI=1S/3C25H18NO.Ir/c3*1-2-17-12-14-20(25-24(17)21-10-6-7-11-23(21)27-25)22-15-13-19(16-26-22)18-8-4-3-5-9-18;/h3*3-13,15-16H,2H2,1H3;/q3*-1;+3. The minimum absolute atomic E-state index is 0. The van der Waals surface area contributed by atoms with Crippen molar-refractivity contribution in [2.24, 2.45) is 0 Å². The van der Waals surface area contributed by atoms with Gasteiger partial charge >= 0.3 is 20.1 Å². The summed E-state index contributed by atoms with van der Waals surface area (Å²) in [6.45, 7) is 6.49. The second-order valence-corrected chi connectivity index (χ2v) is 19.9. The molecule has 0 unspecified atom stereocenters. The number of hydrogen-bond donors (Lipinski definition) is 0. The molecule has 6 heterocycles. The van der Waals surface area contributed by atoms with E-state index in [-0.39, 0.29) is 20.1 Å². The molecule has 0 bridgehead atoms. The van der Waals surface area contributed by atoms with E-state index >= 15 is 0 Å². The summed E-state index contributed by atoms with van der Waals surface area (Å²) in [5.74, 6) is 0. The average molecular weight is 1240 g/mol. The minimum Gasteiger partial charge on any atom is -0.501 e. The van der Waals surface area contributed by atoms with E-state index < -0.39 is 0 Å². The molecule has 0 atom stereocenters. The van der Waals surface area contributed by atoms with Crippen LogP contribution in [0.5, 0.6) is 0 Å². The molecule has 0 aliphatic rings. The van der Waals surface area contributed by atoms with Gasteiger partial charge in [-0.1, -0.05) is 255 Å². The summed E-state index contributed by atoms with van der Waals surface area (Å²) < 4.78 is 18.7. The first kappa shape index (κ1) is 53.1. The number of nitrogens with zero attached hydrogens (tertiary/aromatic N) is 3. The van der Waals surface area contributed by atoms with Crippen molar-refractivity contribution in [3.05, 3.63) is 272 Å². The normalized spacial score (nSPS) is 11.2. The molecular formula is C75H54IrN3O3. The minimum atomic E-state index is 0. The number of furan rings is 3. The Labute approximate surface area is 490 Å². The molecule has 0 aliphatic carbocycles. The van der Waals surface area contributed by atoms with Crippen LogP contribution in [0.15, 0.2) is 250 Å². The van der Waals surface area contributed by atoms with Gasteiger partial charge < -0.3 is 28.2 Å². The third-order valence-electron chi connectivity index (χ3n) is 15.1. The second kappa shape index (κ2) is 23.7. The van der Waals surface area contributed by atoms with E-state index in [1.807, 2.05) is 128 Å². The molecule has 0 fully saturated rings. The number of pyridine rings is 3. The van der Waals surface area contributed by atoms with Gasteiger partial charge in [-0.2, -0.15) is 0 Å². The summed E-state index contributed by atoms with van der Waals surface area (Å²) in [5, 5.41) is 6.99. The monoisotopic (exact) mass is 1240 g/mol. The number of fused-ring (bicyclic) bond motifs is 9. The van der Waals surface area contributed by atoms with Crippen molar-refractivity contribution < 1.29 is 33.4 Å². The smallest absolute Gasteiger partial charge is 0.501 e. The van der Waals surface area contributed by atoms with Crippen molar-refractivity contribution in [2.45, 2.75) is 40.0 Å². The van der Waals surface area contributed by atoms with Gasteiger partial charge in [-0.05, 0) is 68.7 Å². The van der Waals surface area contributed by atoms with Crippen molar-refractivity contribution in [3.63, 3.8) is 0 Å². The number of aryl methyl sites for hydroxylation is 3. The predicted octanol–water partition coefficient (Wildman–Crippen LogP) is 20.0. The molecule has 0 N–H and O–H groups in total. The maximum absolute atomic E-state index is 6.22. The van der Waals surface area contributed by atoms with Crippen LogP contribution in [0.4, 0.5) is 0 Å². The Kier molecular flexibility index (Phi) is 15.3. The maximum atomic E-state index is 6.22. The molecular weight excluding hydrogens is 1180 g/mol. The fourth-order valence-corrected chi connectivity index (χ4v) is 10.9. The Hall–Kier alpha value is -9.52. The van der Waals surface area contributed by atoms with E-state index in [9.17, 15) is 0 Å². The Balaban J connectivity index is 0.000000121. The quantitative estimate of drug-likeness (QED) is 0.134. The van der Waals surface area contributed by atoms with Gasteiger partial charge in [0.05, 0.1) is 16.7 Å². The van der Waals surface area contributed by atoms with Crippen molar-refractivity contribution >= 4 is 65.8 Å². The van der Waals surface area contributed by atoms with Crippen molar-refractivity contribution in [3.8, 4) is 67.2 Å². The predicted molar refractivity (Wildman–Crippen MR) is 332 cm³/mol. The Bertz CT molecular complexity index is 4190. The summed E-state index contributed by atoms with van der Waals surface area (Å²) in [6.07, 6.45) is 8.58. The zero-order chi connectivity index (χ0) is 54.7. The molecule has 9 aromatic carbocycles. The molecule has 7 heteroatoms. The Morgan fingerprint density at radius 3 is 0.829 bits per heavy atom. The molecule has 82 heavy (non-hydrogen) atoms. The van der Waals surface area contributed by atoms with E-state index in [4.69, 9.17) is 28.2 Å². The third-order valence-corrected chi connectivity index (χ3v) is 15.1. The van der Waals surface area contributed by atoms with E-state index in [0.29, 0.717) is 0 Å². The average Bonchev–Trinajstić information content (AvgIpc) is 4.24. The van der Waals surface area contributed by atoms with E-state index in [2.05, 4.69) is 148 Å². The van der Waals surface area contributed by atoms with Crippen LogP contribution < -0.4 is 0 Å². The topological polar surface area (TPSA) is 78.1 Å². The first-order chi connectivity index (χ1) is 40.0. The van der Waals surface area contributed by atoms with E-state index in [1.54, 1.807) is 0 Å². The summed E-state index contributed by atoms with van der Waals surface area (Å²) in [5.41, 5.74) is 21.2. The largest absolute Gasteiger partial charge is 3.00 e. The van der Waals surface area contributed by atoms with Crippen molar-refractivity contribution in [1.29, 1.82) is 0 Å². The van der Waals surface area contributed by atoms with Crippen LogP contribution in [-0.2, 0) is 39.4 Å². The van der Waals surface area contributed by atoms with Gasteiger partial charge in [0.2, 0.25) is 0 Å². The van der Waals surface area contributed by atoms with Crippen molar-refractivity contribution in [1.82, 2.24) is 15.0 Å². The number of para-hydroxylation sites is 3. The SMILES string of the molecule is CCc1c[c-]c(-c2ccc(-c3ccccc3)cn2)c2oc3ccccc3c12.CCc1c[c-]c(-c2ccc(-c3ccccc3)cn2)c2oc3ccccc3c12.CCc1c[c-]c(-c2ccc(-c3ccccc3)cn2)c2oc3ccccc3c12.[Ir+3]. The van der Waals surface area contributed by atoms with Crippen LogP contribution in [0.3, 0.4) is 0 Å². The van der Waals surface area contributed by atoms with E-state index in [0.717, 1.165) is 136 Å². The second-order valence-electron chi connectivity index (χ2n) is 19.9. The number of hydrogen-bond acceptors (Lipinski definition) is 6. The first-order valence-electron chi connectivity index (χ1n) is 27.6. The summed E-state index contributed by atoms with van der Waals surface area (Å²) >= 11 is 0. The molecule has 15 rings (SSSR count). The van der Waals surface area contributed by atoms with Gasteiger partial charge in [-0.25, -0.2) is 0 Å². The molecule has 0 amide bonds. The molecule has 0 saturated heterocycles. The van der Waals surface area contributed by atoms with Crippen LogP contribution in [0.1, 0.15) is 37.5 Å². The van der Waals surface area contributed by atoms with Gasteiger partial charge in [0, 0.05) is 34.7 Å². The number of benzene rings is 9. The first-order valence-corrected chi connectivity index (χ1v) is 27.6. The molecule has 0 aliphatic heterocycles. The van der Waals surface area contributed by atoms with Crippen LogP contribution in [-0.4, -0.2) is 15.0 Å². The molecule has 396 valence electrons. The Morgan fingerprint density at radius 2 is 0.573 bits per heavy atom. The molecule has 6 aromatic heterocycles. The number of rotatable bonds is 9. The summed E-state index contributed by atoms with van der Waals surface area (Å²) in [6, 6.07) is 84.4. The molecule has 0 saturated carbocycles. The van der Waals surface area contributed by atoms with Crippen LogP contribution >= 0.6 is 0 Å². The molecule has 15 aromatic rings. The van der Waals surface area contributed by atoms with Gasteiger partial charge in [-0.3, -0.25) is 0 Å². The summed E-state index contributed by atoms with van der Waals surface area (Å²) in [4.78, 5) is 14.1. The van der Waals surface area contributed by atoms with Crippen LogP contribution in [0.25, 0.3) is 133 Å². The Morgan fingerprint density at radius 1 is 0.305 bits per heavy atom. The van der Waals surface area contributed by atoms with E-state index in [1.165, 1.54) is 32.8 Å². The van der Waals surface area contributed by atoms with Crippen LogP contribution in [0.2, 0.25) is 0 Å². The molecule has 6 nitrogen and oxygen atoms in total. The summed E-state index contributed by atoms with van der Waals surface area (Å²) in [7, 11) is 0. The molecule has 0 radical (unpaired) electrons. The zero-order valence-corrected chi connectivity index (χ0v) is 47.9. The maximum Gasteiger partial charge on any atom is 3.00 e. The van der Waals surface area contributed by atoms with Crippen molar-refractivity contribution in [2.75, 3.05) is 0 Å². The third kappa shape index (κ3) is 10.2. The zero-order valence-electron chi connectivity index (χ0n) is 45.5. The number of aromatic nitrogens is 3. The van der Waals surface area contributed by atoms with Gasteiger partial charge in [0.1, 0.15) is 16.7 Å². The van der Waals surface area contributed by atoms with Gasteiger partial charge in [-0.15, -0.1) is 53.1 Å². The fourth-order valence-electron chi connectivity index (χ4n) is 10.9. The van der Waals surface area contributed by atoms with Crippen LogP contribution in [0, 0.1) is 18.2 Å². The fraction of sp³-hybridized carbons (Fsp3) is 0.0800. The van der Waals surface area contributed by atoms with Gasteiger partial charge in [0.15, 0.2) is 0 Å².